The molecule has 70 valence electrons. The van der Waals surface area contributed by atoms with Crippen molar-refractivity contribution in [1.82, 2.24) is 5.32 Å². The topological polar surface area (TPSA) is 24.4 Å². The summed E-state index contributed by atoms with van der Waals surface area (Å²) in [6, 6.07) is 10.5. The Hall–Kier alpha value is -1.02. The van der Waals surface area contributed by atoms with E-state index >= 15 is 0 Å². The van der Waals surface area contributed by atoms with Gasteiger partial charge in [0.1, 0.15) is 0 Å². The van der Waals surface area contributed by atoms with Gasteiger partial charge in [0.05, 0.1) is 6.34 Å². The van der Waals surface area contributed by atoms with Crippen molar-refractivity contribution in [1.29, 1.82) is 0 Å². The normalized spacial score (nSPS) is 20.2. The van der Waals surface area contributed by atoms with E-state index in [2.05, 4.69) is 34.6 Å². The van der Waals surface area contributed by atoms with Crippen LogP contribution in [0.3, 0.4) is 0 Å². The van der Waals surface area contributed by atoms with Crippen molar-refractivity contribution in [2.24, 2.45) is 4.99 Å². The van der Waals surface area contributed by atoms with E-state index < -0.39 is 0 Å². The third-order valence-corrected chi connectivity index (χ3v) is 2.14. The van der Waals surface area contributed by atoms with Crippen LogP contribution in [0.1, 0.15) is 11.5 Å². The highest BCUT2D eigenvalue weighted by Gasteiger charge is 2.11. The summed E-state index contributed by atoms with van der Waals surface area (Å²) in [5, 5.41) is 3.14. The SMILES string of the molecule is C1=NCC(c2ccccc2)CN1.Cl. The van der Waals surface area contributed by atoms with Crippen LogP contribution in [0.15, 0.2) is 35.3 Å². The number of nitrogens with one attached hydrogen (secondary N) is 1. The molecule has 0 spiro atoms. The van der Waals surface area contributed by atoms with Crippen LogP contribution in [0.25, 0.3) is 0 Å². The monoisotopic (exact) mass is 196 g/mol. The van der Waals surface area contributed by atoms with Gasteiger partial charge in [0.15, 0.2) is 0 Å². The number of aliphatic imine (C=N–C) groups is 1. The standard InChI is InChI=1S/C10H12N2.ClH/c1-2-4-9(5-3-1)10-6-11-8-12-7-10;/h1-5,8,10H,6-7H2,(H,11,12);1H. The highest BCUT2D eigenvalue weighted by Crippen LogP contribution is 2.15. The molecule has 0 bridgehead atoms. The molecular formula is C10H13ClN2. The molecule has 1 aromatic carbocycles. The summed E-state index contributed by atoms with van der Waals surface area (Å²) in [6.07, 6.45) is 1.79. The predicted octanol–water partition coefficient (Wildman–Crippen LogP) is 1.82. The van der Waals surface area contributed by atoms with E-state index in [0.29, 0.717) is 5.92 Å². The van der Waals surface area contributed by atoms with Crippen LogP contribution in [0.5, 0.6) is 0 Å². The lowest BCUT2D eigenvalue weighted by Gasteiger charge is -2.18. The van der Waals surface area contributed by atoms with Crippen molar-refractivity contribution < 1.29 is 0 Å². The fourth-order valence-corrected chi connectivity index (χ4v) is 1.45. The molecule has 1 N–H and O–H groups in total. The van der Waals surface area contributed by atoms with E-state index in [1.165, 1.54) is 5.56 Å². The van der Waals surface area contributed by atoms with E-state index in [1.807, 2.05) is 6.07 Å². The minimum absolute atomic E-state index is 0. The minimum Gasteiger partial charge on any atom is -0.376 e. The molecule has 0 fully saturated rings. The maximum absolute atomic E-state index is 4.20. The first kappa shape index (κ1) is 10.1. The fourth-order valence-electron chi connectivity index (χ4n) is 1.45. The van der Waals surface area contributed by atoms with E-state index in [-0.39, 0.29) is 12.4 Å². The highest BCUT2D eigenvalue weighted by molar-refractivity contribution is 5.85. The first-order valence-electron chi connectivity index (χ1n) is 4.23. The molecule has 0 saturated carbocycles. The Morgan fingerprint density at radius 1 is 1.23 bits per heavy atom. The molecule has 0 aliphatic carbocycles. The first-order chi connectivity index (χ1) is 5.97. The summed E-state index contributed by atoms with van der Waals surface area (Å²) >= 11 is 0. The molecular weight excluding hydrogens is 184 g/mol. The van der Waals surface area contributed by atoms with Gasteiger partial charge >= 0.3 is 0 Å². The van der Waals surface area contributed by atoms with Gasteiger partial charge in [-0.05, 0) is 5.56 Å². The van der Waals surface area contributed by atoms with Gasteiger partial charge in [-0.3, -0.25) is 4.99 Å². The predicted molar refractivity (Wildman–Crippen MR) is 57.8 cm³/mol. The maximum Gasteiger partial charge on any atom is 0.0824 e. The van der Waals surface area contributed by atoms with E-state index in [9.17, 15) is 0 Å². The van der Waals surface area contributed by atoms with Crippen molar-refractivity contribution in [2.75, 3.05) is 13.1 Å². The summed E-state index contributed by atoms with van der Waals surface area (Å²) < 4.78 is 0. The minimum atomic E-state index is 0. The summed E-state index contributed by atoms with van der Waals surface area (Å²) in [6.45, 7) is 1.92. The lowest BCUT2D eigenvalue weighted by molar-refractivity contribution is 0.648. The second kappa shape index (κ2) is 4.87. The third kappa shape index (κ3) is 2.46. The Kier molecular flexibility index (Phi) is 3.77. The largest absolute Gasteiger partial charge is 0.376 e. The zero-order valence-corrected chi connectivity index (χ0v) is 8.13. The molecule has 0 radical (unpaired) electrons. The molecule has 1 aliphatic heterocycles. The average molecular weight is 197 g/mol. The molecule has 1 aromatic rings. The Balaban J connectivity index is 0.000000845. The fraction of sp³-hybridized carbons (Fsp3) is 0.300. The Labute approximate surface area is 84.5 Å². The zero-order chi connectivity index (χ0) is 8.23. The van der Waals surface area contributed by atoms with Crippen LogP contribution in [-0.4, -0.2) is 19.4 Å². The highest BCUT2D eigenvalue weighted by atomic mass is 35.5. The van der Waals surface area contributed by atoms with Crippen LogP contribution in [0.4, 0.5) is 0 Å². The zero-order valence-electron chi connectivity index (χ0n) is 7.31. The van der Waals surface area contributed by atoms with E-state index in [0.717, 1.165) is 13.1 Å². The summed E-state index contributed by atoms with van der Waals surface area (Å²) in [5.41, 5.74) is 1.38. The van der Waals surface area contributed by atoms with Gasteiger partial charge in [0, 0.05) is 19.0 Å². The molecule has 0 aromatic heterocycles. The quantitative estimate of drug-likeness (QED) is 0.728. The Bertz CT molecular complexity index is 272. The second-order valence-electron chi connectivity index (χ2n) is 3.01. The Morgan fingerprint density at radius 3 is 2.62 bits per heavy atom. The van der Waals surface area contributed by atoms with Gasteiger partial charge in [0.25, 0.3) is 0 Å². The first-order valence-corrected chi connectivity index (χ1v) is 4.23. The van der Waals surface area contributed by atoms with Crippen LogP contribution in [0.2, 0.25) is 0 Å². The molecule has 1 aliphatic rings. The van der Waals surface area contributed by atoms with Crippen molar-refractivity contribution in [3.63, 3.8) is 0 Å². The van der Waals surface area contributed by atoms with Gasteiger partial charge < -0.3 is 5.32 Å². The molecule has 1 unspecified atom stereocenters. The number of halogens is 1. The van der Waals surface area contributed by atoms with Crippen molar-refractivity contribution >= 4 is 18.7 Å². The average Bonchev–Trinajstić information content (AvgIpc) is 2.21. The molecule has 2 nitrogen and oxygen atoms in total. The second-order valence-corrected chi connectivity index (χ2v) is 3.01. The van der Waals surface area contributed by atoms with Crippen molar-refractivity contribution in [3.8, 4) is 0 Å². The number of rotatable bonds is 1. The summed E-state index contributed by atoms with van der Waals surface area (Å²) in [5.74, 6) is 0.552. The lowest BCUT2D eigenvalue weighted by atomic mass is 9.99. The maximum atomic E-state index is 4.20. The molecule has 1 heterocycles. The lowest BCUT2D eigenvalue weighted by Crippen LogP contribution is -2.26. The summed E-state index contributed by atoms with van der Waals surface area (Å²) in [4.78, 5) is 4.20. The molecule has 3 heteroatoms. The van der Waals surface area contributed by atoms with Gasteiger partial charge in [-0.1, -0.05) is 30.3 Å². The third-order valence-electron chi connectivity index (χ3n) is 2.14. The van der Waals surface area contributed by atoms with Crippen LogP contribution in [-0.2, 0) is 0 Å². The molecule has 0 saturated heterocycles. The van der Waals surface area contributed by atoms with E-state index in [1.54, 1.807) is 6.34 Å². The molecule has 2 rings (SSSR count). The van der Waals surface area contributed by atoms with Crippen LogP contribution < -0.4 is 5.32 Å². The molecule has 1 atom stereocenters. The number of nitrogens with zero attached hydrogens (tertiary/aromatic N) is 1. The van der Waals surface area contributed by atoms with Gasteiger partial charge in [-0.15, -0.1) is 12.4 Å². The number of hydrogen-bond donors (Lipinski definition) is 1. The van der Waals surface area contributed by atoms with Crippen LogP contribution in [0, 0.1) is 0 Å². The number of hydrogen-bond acceptors (Lipinski definition) is 2. The van der Waals surface area contributed by atoms with E-state index in [4.69, 9.17) is 0 Å². The Morgan fingerprint density at radius 2 is 2.00 bits per heavy atom. The summed E-state index contributed by atoms with van der Waals surface area (Å²) in [7, 11) is 0. The van der Waals surface area contributed by atoms with Gasteiger partial charge in [-0.2, -0.15) is 0 Å². The van der Waals surface area contributed by atoms with Crippen molar-refractivity contribution in [2.45, 2.75) is 5.92 Å². The van der Waals surface area contributed by atoms with Gasteiger partial charge in [-0.25, -0.2) is 0 Å². The van der Waals surface area contributed by atoms with Gasteiger partial charge in [0.2, 0.25) is 0 Å². The smallest absolute Gasteiger partial charge is 0.0824 e. The number of benzene rings is 1. The van der Waals surface area contributed by atoms with Crippen LogP contribution >= 0.6 is 12.4 Å². The van der Waals surface area contributed by atoms with Crippen molar-refractivity contribution in [3.05, 3.63) is 35.9 Å². The molecule has 0 amide bonds. The molecule has 13 heavy (non-hydrogen) atoms.